The number of amides is 1. The zero-order valence-electron chi connectivity index (χ0n) is 16.7. The molecule has 6 heteroatoms. The van der Waals surface area contributed by atoms with E-state index in [9.17, 15) is 14.7 Å². The Kier molecular flexibility index (Phi) is 5.77. The van der Waals surface area contributed by atoms with Gasteiger partial charge in [0.25, 0.3) is 0 Å². The molecular formula is C22H27N3O3. The lowest BCUT2D eigenvalue weighted by molar-refractivity contribution is -0.141. The van der Waals surface area contributed by atoms with E-state index >= 15 is 0 Å². The van der Waals surface area contributed by atoms with Crippen molar-refractivity contribution in [1.82, 2.24) is 14.9 Å². The van der Waals surface area contributed by atoms with Crippen LogP contribution in [0.5, 0.6) is 0 Å². The maximum absolute atomic E-state index is 12.6. The van der Waals surface area contributed by atoms with Crippen molar-refractivity contribution in [2.75, 3.05) is 13.1 Å². The fraction of sp³-hybridized carbons (Fsp3) is 0.455. The van der Waals surface area contributed by atoms with E-state index in [1.165, 1.54) is 0 Å². The van der Waals surface area contributed by atoms with Crippen molar-refractivity contribution in [1.29, 1.82) is 0 Å². The second kappa shape index (κ2) is 8.09. The summed E-state index contributed by atoms with van der Waals surface area (Å²) in [4.78, 5) is 34.9. The summed E-state index contributed by atoms with van der Waals surface area (Å²) in [6.07, 6.45) is 6.20. The van der Waals surface area contributed by atoms with Gasteiger partial charge >= 0.3 is 5.97 Å². The van der Waals surface area contributed by atoms with Crippen molar-refractivity contribution < 1.29 is 14.7 Å². The van der Waals surface area contributed by atoms with E-state index < -0.39 is 5.97 Å². The molecule has 2 aromatic rings. The highest BCUT2D eigenvalue weighted by molar-refractivity contribution is 5.95. The largest absolute Gasteiger partial charge is 0.478 e. The van der Waals surface area contributed by atoms with Crippen LogP contribution in [0.3, 0.4) is 0 Å². The smallest absolute Gasteiger partial charge is 0.336 e. The molecule has 1 aromatic heterocycles. The molecule has 6 nitrogen and oxygen atoms in total. The van der Waals surface area contributed by atoms with Crippen molar-refractivity contribution in [3.8, 4) is 11.3 Å². The van der Waals surface area contributed by atoms with Gasteiger partial charge in [0.2, 0.25) is 5.91 Å². The van der Waals surface area contributed by atoms with Gasteiger partial charge in [0, 0.05) is 30.3 Å². The molecule has 1 unspecified atom stereocenters. The quantitative estimate of drug-likeness (QED) is 0.874. The molecule has 1 fully saturated rings. The molecule has 0 aliphatic carbocycles. The van der Waals surface area contributed by atoms with Gasteiger partial charge in [-0.25, -0.2) is 4.79 Å². The maximum atomic E-state index is 12.6. The molecule has 0 bridgehead atoms. The van der Waals surface area contributed by atoms with Gasteiger partial charge < -0.3 is 10.0 Å². The lowest BCUT2D eigenvalue weighted by atomic mass is 9.89. The molecule has 1 saturated heterocycles. The number of carbonyl (C=O) groups excluding carboxylic acids is 1. The van der Waals surface area contributed by atoms with Crippen LogP contribution in [0.1, 0.15) is 49.7 Å². The molecule has 1 aliphatic rings. The fourth-order valence-corrected chi connectivity index (χ4v) is 3.68. The number of carboxylic acid groups (broad SMARTS) is 1. The molecule has 1 aromatic carbocycles. The standard InChI is InChI=1S/C22H27N3O3/c1-22(2,3)21(28)25-10-6-7-15(14-25)11-16-12-24-19(13-23-16)17-8-4-5-9-18(17)20(26)27/h4-5,8-9,12-13,15H,6-7,10-11,14H2,1-3H3,(H,26,27). The summed E-state index contributed by atoms with van der Waals surface area (Å²) in [7, 11) is 0. The zero-order chi connectivity index (χ0) is 20.3. The van der Waals surface area contributed by atoms with Gasteiger partial charge in [-0.2, -0.15) is 0 Å². The van der Waals surface area contributed by atoms with E-state index in [2.05, 4.69) is 9.97 Å². The Hall–Kier alpha value is -2.76. The minimum Gasteiger partial charge on any atom is -0.478 e. The molecule has 1 atom stereocenters. The number of hydrogen-bond donors (Lipinski definition) is 1. The van der Waals surface area contributed by atoms with E-state index in [0.29, 0.717) is 17.2 Å². The first-order valence-electron chi connectivity index (χ1n) is 9.68. The van der Waals surface area contributed by atoms with Crippen LogP contribution in [0.2, 0.25) is 0 Å². The summed E-state index contributed by atoms with van der Waals surface area (Å²) in [5.74, 6) is -0.414. The first-order valence-corrected chi connectivity index (χ1v) is 9.68. The molecule has 0 spiro atoms. The molecule has 0 radical (unpaired) electrons. The highest BCUT2D eigenvalue weighted by Crippen LogP contribution is 2.26. The second-order valence-corrected chi connectivity index (χ2v) is 8.46. The molecule has 1 N–H and O–H groups in total. The summed E-state index contributed by atoms with van der Waals surface area (Å²) >= 11 is 0. The van der Waals surface area contributed by atoms with E-state index in [-0.39, 0.29) is 16.9 Å². The van der Waals surface area contributed by atoms with Crippen LogP contribution in [0, 0.1) is 11.3 Å². The Balaban J connectivity index is 1.70. The number of aromatic carboxylic acids is 1. The fourth-order valence-electron chi connectivity index (χ4n) is 3.68. The number of aromatic nitrogens is 2. The Morgan fingerprint density at radius 1 is 1.18 bits per heavy atom. The van der Waals surface area contributed by atoms with Gasteiger partial charge in [0.1, 0.15) is 0 Å². The highest BCUT2D eigenvalue weighted by Gasteiger charge is 2.31. The van der Waals surface area contributed by atoms with Crippen molar-refractivity contribution >= 4 is 11.9 Å². The molecule has 1 amide bonds. The van der Waals surface area contributed by atoms with Crippen LogP contribution >= 0.6 is 0 Å². The topological polar surface area (TPSA) is 83.4 Å². The summed E-state index contributed by atoms with van der Waals surface area (Å²) in [6, 6.07) is 6.79. The number of hydrogen-bond acceptors (Lipinski definition) is 4. The minimum absolute atomic E-state index is 0.198. The molecule has 0 saturated carbocycles. The van der Waals surface area contributed by atoms with E-state index in [1.54, 1.807) is 36.7 Å². The summed E-state index contributed by atoms with van der Waals surface area (Å²) < 4.78 is 0. The lowest BCUT2D eigenvalue weighted by Crippen LogP contribution is -2.45. The number of carbonyl (C=O) groups is 2. The number of likely N-dealkylation sites (tertiary alicyclic amines) is 1. The third kappa shape index (κ3) is 4.55. The predicted octanol–water partition coefficient (Wildman–Crippen LogP) is 3.67. The van der Waals surface area contributed by atoms with Gasteiger partial charge in [0.15, 0.2) is 0 Å². The van der Waals surface area contributed by atoms with Crippen LogP contribution in [0.25, 0.3) is 11.3 Å². The van der Waals surface area contributed by atoms with Gasteiger partial charge in [0.05, 0.1) is 23.1 Å². The van der Waals surface area contributed by atoms with Crippen molar-refractivity contribution in [3.63, 3.8) is 0 Å². The average Bonchev–Trinajstić information content (AvgIpc) is 2.67. The van der Waals surface area contributed by atoms with Gasteiger partial charge in [-0.3, -0.25) is 14.8 Å². The van der Waals surface area contributed by atoms with Crippen LogP contribution in [-0.4, -0.2) is 44.9 Å². The van der Waals surface area contributed by atoms with Gasteiger partial charge in [-0.15, -0.1) is 0 Å². The molecule has 2 heterocycles. The Bertz CT molecular complexity index is 856. The SMILES string of the molecule is CC(C)(C)C(=O)N1CCCC(Cc2cnc(-c3ccccc3C(=O)O)cn2)C1. The Morgan fingerprint density at radius 2 is 1.93 bits per heavy atom. The summed E-state index contributed by atoms with van der Waals surface area (Å²) in [5.41, 5.74) is 1.84. The van der Waals surface area contributed by atoms with Gasteiger partial charge in [-0.1, -0.05) is 39.0 Å². The van der Waals surface area contributed by atoms with E-state index in [4.69, 9.17) is 0 Å². The van der Waals surface area contributed by atoms with Crippen molar-refractivity contribution in [2.45, 2.75) is 40.0 Å². The third-order valence-electron chi connectivity index (χ3n) is 5.08. The summed E-state index contributed by atoms with van der Waals surface area (Å²) in [6.45, 7) is 7.44. The normalized spacial score (nSPS) is 17.4. The number of benzene rings is 1. The molecular weight excluding hydrogens is 354 g/mol. The number of nitrogens with zero attached hydrogens (tertiary/aromatic N) is 3. The number of piperidine rings is 1. The van der Waals surface area contributed by atoms with Crippen LogP contribution in [-0.2, 0) is 11.2 Å². The first kappa shape index (κ1) is 20.0. The second-order valence-electron chi connectivity index (χ2n) is 8.46. The molecule has 1 aliphatic heterocycles. The minimum atomic E-state index is -0.979. The van der Waals surface area contributed by atoms with E-state index in [1.807, 2.05) is 25.7 Å². The number of rotatable bonds is 4. The monoisotopic (exact) mass is 381 g/mol. The Labute approximate surface area is 165 Å². The number of carboxylic acids is 1. The molecule has 3 rings (SSSR count). The average molecular weight is 381 g/mol. The maximum Gasteiger partial charge on any atom is 0.336 e. The predicted molar refractivity (Wildman–Crippen MR) is 107 cm³/mol. The van der Waals surface area contributed by atoms with Crippen molar-refractivity contribution in [2.24, 2.45) is 11.3 Å². The highest BCUT2D eigenvalue weighted by atomic mass is 16.4. The Morgan fingerprint density at radius 3 is 2.57 bits per heavy atom. The third-order valence-corrected chi connectivity index (χ3v) is 5.08. The van der Waals surface area contributed by atoms with Crippen molar-refractivity contribution in [3.05, 3.63) is 47.9 Å². The molecule has 148 valence electrons. The van der Waals surface area contributed by atoms with Crippen LogP contribution < -0.4 is 0 Å². The summed E-state index contributed by atoms with van der Waals surface area (Å²) in [5, 5.41) is 9.34. The van der Waals surface area contributed by atoms with E-state index in [0.717, 1.165) is 38.0 Å². The van der Waals surface area contributed by atoms with Gasteiger partial charge in [-0.05, 0) is 31.2 Å². The molecule has 28 heavy (non-hydrogen) atoms. The first-order chi connectivity index (χ1) is 13.3. The lowest BCUT2D eigenvalue weighted by Gasteiger charge is -2.36. The van der Waals surface area contributed by atoms with Crippen LogP contribution in [0.15, 0.2) is 36.7 Å². The zero-order valence-corrected chi connectivity index (χ0v) is 16.7. The van der Waals surface area contributed by atoms with Crippen LogP contribution in [0.4, 0.5) is 0 Å².